The molecule has 0 aliphatic rings. The zero-order chi connectivity index (χ0) is 20.7. The number of phenols is 2. The van der Waals surface area contributed by atoms with E-state index in [9.17, 15) is 10.2 Å². The molecule has 146 valence electrons. The summed E-state index contributed by atoms with van der Waals surface area (Å²) in [4.78, 5) is 8.77. The van der Waals surface area contributed by atoms with E-state index >= 15 is 0 Å². The van der Waals surface area contributed by atoms with Gasteiger partial charge in [-0.05, 0) is 58.4 Å². The lowest BCUT2D eigenvalue weighted by Crippen LogP contribution is -2.11. The zero-order valence-corrected chi connectivity index (χ0v) is 17.4. The van der Waals surface area contributed by atoms with E-state index in [1.54, 1.807) is 24.5 Å². The van der Waals surface area contributed by atoms with Crippen molar-refractivity contribution in [3.05, 3.63) is 59.9 Å². The van der Waals surface area contributed by atoms with Crippen LogP contribution in [0.4, 0.5) is 0 Å². The Bertz CT molecular complexity index is 929. The van der Waals surface area contributed by atoms with Crippen LogP contribution in [0.5, 0.6) is 11.5 Å². The lowest BCUT2D eigenvalue weighted by Gasteiger charge is -2.20. The molecule has 0 fully saturated rings. The number of hydrogen-bond donors (Lipinski definition) is 2. The van der Waals surface area contributed by atoms with Crippen LogP contribution in [0, 0.1) is 0 Å². The highest BCUT2D eigenvalue weighted by Crippen LogP contribution is 2.40. The molecule has 0 saturated heterocycles. The number of pyridine rings is 2. The molecule has 2 aromatic heterocycles. The molecule has 0 spiro atoms. The molecule has 0 unspecified atom stereocenters. The van der Waals surface area contributed by atoms with E-state index in [-0.39, 0.29) is 22.3 Å². The molecule has 0 amide bonds. The summed E-state index contributed by atoms with van der Waals surface area (Å²) in [6.45, 7) is 12.8. The average Bonchev–Trinajstić information content (AvgIpc) is 2.62. The molecule has 3 aromatic rings. The Hall–Kier alpha value is -2.88. The van der Waals surface area contributed by atoms with Gasteiger partial charge in [0.15, 0.2) is 0 Å². The summed E-state index contributed by atoms with van der Waals surface area (Å²) >= 11 is 0. The molecule has 4 heteroatoms. The van der Waals surface area contributed by atoms with Crippen LogP contribution < -0.4 is 0 Å². The van der Waals surface area contributed by atoms with E-state index in [1.807, 2.05) is 24.3 Å². The first-order valence-corrected chi connectivity index (χ1v) is 9.46. The highest BCUT2D eigenvalue weighted by atomic mass is 16.3. The second-order valence-corrected chi connectivity index (χ2v) is 9.25. The quantitative estimate of drug-likeness (QED) is 0.553. The van der Waals surface area contributed by atoms with Crippen molar-refractivity contribution in [3.8, 4) is 34.0 Å². The van der Waals surface area contributed by atoms with Crippen molar-refractivity contribution in [2.24, 2.45) is 0 Å². The van der Waals surface area contributed by atoms with Gasteiger partial charge in [-0.3, -0.25) is 9.97 Å². The predicted molar refractivity (Wildman–Crippen MR) is 114 cm³/mol. The first kappa shape index (κ1) is 19.9. The average molecular weight is 377 g/mol. The monoisotopic (exact) mass is 376 g/mol. The van der Waals surface area contributed by atoms with Crippen molar-refractivity contribution >= 4 is 0 Å². The standard InChI is InChI=1S/C24H28N2O2/c1-23(2,3)15-7-9-25-19(11-15)17-13-22(28)18(14-21(17)27)20-12-16(8-10-26-20)24(4,5)6/h7-14,27-28H,1-6H3. The summed E-state index contributed by atoms with van der Waals surface area (Å²) in [6.07, 6.45) is 3.46. The van der Waals surface area contributed by atoms with Gasteiger partial charge in [0.2, 0.25) is 0 Å². The van der Waals surface area contributed by atoms with Crippen molar-refractivity contribution in [2.75, 3.05) is 0 Å². The number of phenolic OH excluding ortho intramolecular Hbond substituents is 2. The smallest absolute Gasteiger partial charge is 0.125 e. The molecule has 2 N–H and O–H groups in total. The van der Waals surface area contributed by atoms with Gasteiger partial charge in [0.1, 0.15) is 11.5 Å². The first-order chi connectivity index (χ1) is 13.0. The van der Waals surface area contributed by atoms with Gasteiger partial charge in [-0.1, -0.05) is 41.5 Å². The van der Waals surface area contributed by atoms with E-state index in [0.29, 0.717) is 22.5 Å². The second-order valence-electron chi connectivity index (χ2n) is 9.25. The summed E-state index contributed by atoms with van der Waals surface area (Å²) in [5.41, 5.74) is 4.41. The number of benzene rings is 1. The van der Waals surface area contributed by atoms with E-state index in [1.165, 1.54) is 0 Å². The maximum atomic E-state index is 10.7. The molecule has 4 nitrogen and oxygen atoms in total. The normalized spacial score (nSPS) is 12.2. The van der Waals surface area contributed by atoms with Crippen LogP contribution in [-0.4, -0.2) is 20.2 Å². The summed E-state index contributed by atoms with van der Waals surface area (Å²) in [7, 11) is 0. The van der Waals surface area contributed by atoms with Gasteiger partial charge < -0.3 is 10.2 Å². The van der Waals surface area contributed by atoms with Crippen molar-refractivity contribution in [2.45, 2.75) is 52.4 Å². The van der Waals surface area contributed by atoms with E-state index in [4.69, 9.17) is 0 Å². The molecule has 0 bridgehead atoms. The van der Waals surface area contributed by atoms with E-state index in [0.717, 1.165) is 11.1 Å². The molecule has 3 rings (SSSR count). The van der Waals surface area contributed by atoms with Crippen LogP contribution >= 0.6 is 0 Å². The van der Waals surface area contributed by atoms with Crippen LogP contribution in [0.25, 0.3) is 22.5 Å². The highest BCUT2D eigenvalue weighted by molar-refractivity contribution is 5.78. The SMILES string of the molecule is CC(C)(C)c1ccnc(-c2cc(O)c(-c3cc(C(C)(C)C)ccn3)cc2O)c1. The van der Waals surface area contributed by atoms with Gasteiger partial charge >= 0.3 is 0 Å². The molecule has 28 heavy (non-hydrogen) atoms. The third kappa shape index (κ3) is 4.01. The Balaban J connectivity index is 2.08. The predicted octanol–water partition coefficient (Wildman–Crippen LogP) is 5.82. The fraction of sp³-hybridized carbons (Fsp3) is 0.333. The maximum Gasteiger partial charge on any atom is 0.125 e. The lowest BCUT2D eigenvalue weighted by atomic mass is 9.86. The third-order valence-electron chi connectivity index (χ3n) is 4.92. The van der Waals surface area contributed by atoms with Gasteiger partial charge in [0.05, 0.1) is 11.4 Å². The zero-order valence-electron chi connectivity index (χ0n) is 17.4. The number of aromatic hydroxyl groups is 2. The summed E-state index contributed by atoms with van der Waals surface area (Å²) in [5, 5.41) is 21.3. The number of rotatable bonds is 2. The molecule has 1 aromatic carbocycles. The largest absolute Gasteiger partial charge is 0.507 e. The molecule has 0 radical (unpaired) electrons. The Morgan fingerprint density at radius 1 is 0.607 bits per heavy atom. The topological polar surface area (TPSA) is 66.2 Å². The van der Waals surface area contributed by atoms with E-state index in [2.05, 4.69) is 51.5 Å². The summed E-state index contributed by atoms with van der Waals surface area (Å²) in [5.74, 6) is 0.128. The number of hydrogen-bond acceptors (Lipinski definition) is 4. The van der Waals surface area contributed by atoms with Crippen LogP contribution in [0.1, 0.15) is 52.7 Å². The number of aromatic nitrogens is 2. The molecular formula is C24H28N2O2. The molecule has 0 aliphatic heterocycles. The van der Waals surface area contributed by atoms with Gasteiger partial charge in [-0.15, -0.1) is 0 Å². The van der Waals surface area contributed by atoms with Crippen molar-refractivity contribution < 1.29 is 10.2 Å². The van der Waals surface area contributed by atoms with Gasteiger partial charge in [-0.25, -0.2) is 0 Å². The minimum atomic E-state index is -0.0351. The first-order valence-electron chi connectivity index (χ1n) is 9.46. The summed E-state index contributed by atoms with van der Waals surface area (Å²) < 4.78 is 0. The van der Waals surface area contributed by atoms with Crippen molar-refractivity contribution in [1.29, 1.82) is 0 Å². The fourth-order valence-electron chi connectivity index (χ4n) is 3.08. The van der Waals surface area contributed by atoms with Gasteiger partial charge in [0.25, 0.3) is 0 Å². The Morgan fingerprint density at radius 2 is 0.964 bits per heavy atom. The minimum absolute atomic E-state index is 0.0351. The van der Waals surface area contributed by atoms with Gasteiger partial charge in [-0.2, -0.15) is 0 Å². The molecule has 0 aliphatic carbocycles. The van der Waals surface area contributed by atoms with Crippen LogP contribution in [-0.2, 0) is 10.8 Å². The lowest BCUT2D eigenvalue weighted by molar-refractivity contribution is 0.463. The fourth-order valence-corrected chi connectivity index (χ4v) is 3.08. The maximum absolute atomic E-state index is 10.7. The molecule has 0 atom stereocenters. The van der Waals surface area contributed by atoms with Crippen LogP contribution in [0.2, 0.25) is 0 Å². The Morgan fingerprint density at radius 3 is 1.29 bits per heavy atom. The van der Waals surface area contributed by atoms with Crippen LogP contribution in [0.3, 0.4) is 0 Å². The van der Waals surface area contributed by atoms with E-state index < -0.39 is 0 Å². The van der Waals surface area contributed by atoms with Crippen molar-refractivity contribution in [3.63, 3.8) is 0 Å². The molecular weight excluding hydrogens is 348 g/mol. The van der Waals surface area contributed by atoms with Crippen molar-refractivity contribution in [1.82, 2.24) is 9.97 Å². The summed E-state index contributed by atoms with van der Waals surface area (Å²) in [6, 6.07) is 11.0. The second kappa shape index (κ2) is 6.93. The van der Waals surface area contributed by atoms with Crippen LogP contribution in [0.15, 0.2) is 48.8 Å². The van der Waals surface area contributed by atoms with Gasteiger partial charge in [0, 0.05) is 23.5 Å². The Kier molecular flexibility index (Phi) is 4.92. The molecule has 2 heterocycles. The minimum Gasteiger partial charge on any atom is -0.507 e. The number of nitrogens with zero attached hydrogens (tertiary/aromatic N) is 2. The highest BCUT2D eigenvalue weighted by Gasteiger charge is 2.19. The Labute approximate surface area is 166 Å². The third-order valence-corrected chi connectivity index (χ3v) is 4.92. The molecule has 0 saturated carbocycles.